The average Bonchev–Trinajstić information content (AvgIpc) is 3.31. The van der Waals surface area contributed by atoms with Gasteiger partial charge in [-0.3, -0.25) is 10.2 Å². The molecule has 1 saturated heterocycles. The van der Waals surface area contributed by atoms with Gasteiger partial charge in [0.1, 0.15) is 37.3 Å². The number of carbonyl (C=O) groups excluding carboxylic acids is 1. The van der Waals surface area contributed by atoms with Gasteiger partial charge in [0.05, 0.1) is 23.0 Å². The predicted octanol–water partition coefficient (Wildman–Crippen LogP) is 1.47. The van der Waals surface area contributed by atoms with Crippen LogP contribution in [0.1, 0.15) is 46.0 Å². The SMILES string of the molecule is CC(=NC=N)c1ccc([C@]2(C#N)OC(COC(=O)C(C)C)[C@@H](OC(O)C(C)C)C2O)[nH]1. The molecule has 1 fully saturated rings. The molecule has 10 heteroatoms. The van der Waals surface area contributed by atoms with Gasteiger partial charge >= 0.3 is 5.97 Å². The van der Waals surface area contributed by atoms with Gasteiger partial charge in [0.25, 0.3) is 0 Å². The maximum Gasteiger partial charge on any atom is 0.308 e. The quantitative estimate of drug-likeness (QED) is 0.198. The Morgan fingerprint density at radius 3 is 2.68 bits per heavy atom. The molecule has 0 bridgehead atoms. The van der Waals surface area contributed by atoms with Crippen molar-refractivity contribution in [3.05, 3.63) is 23.5 Å². The van der Waals surface area contributed by atoms with Crippen LogP contribution in [0.25, 0.3) is 0 Å². The summed E-state index contributed by atoms with van der Waals surface area (Å²) in [6, 6.07) is 5.23. The molecule has 0 saturated carbocycles. The van der Waals surface area contributed by atoms with Gasteiger partial charge < -0.3 is 29.4 Å². The standard InChI is InChI=1S/C21H30N4O6/c1-11(2)19(27)29-8-15-17(30-20(28)12(3)4)18(26)21(9-22,31-15)16-7-6-14(25-16)13(5)24-10-23/h6-7,10-12,15,17-18,20,23,25-26,28H,8H2,1-5H3/t15?,17-,18?,20?,21+/m1/s1. The van der Waals surface area contributed by atoms with E-state index >= 15 is 0 Å². The van der Waals surface area contributed by atoms with Gasteiger partial charge in [-0.15, -0.1) is 0 Å². The predicted molar refractivity (Wildman–Crippen MR) is 111 cm³/mol. The average molecular weight is 434 g/mol. The van der Waals surface area contributed by atoms with Gasteiger partial charge in [0, 0.05) is 5.92 Å². The highest BCUT2D eigenvalue weighted by Gasteiger charge is 2.58. The number of aliphatic hydroxyl groups excluding tert-OH is 2. The highest BCUT2D eigenvalue weighted by atomic mass is 16.7. The molecule has 1 aliphatic heterocycles. The van der Waals surface area contributed by atoms with Gasteiger partial charge in [-0.05, 0) is 19.1 Å². The Morgan fingerprint density at radius 1 is 1.45 bits per heavy atom. The third kappa shape index (κ3) is 5.19. The highest BCUT2D eigenvalue weighted by Crippen LogP contribution is 2.41. The van der Waals surface area contributed by atoms with Gasteiger partial charge in [0.15, 0.2) is 6.29 Å². The van der Waals surface area contributed by atoms with E-state index in [0.29, 0.717) is 11.4 Å². The van der Waals surface area contributed by atoms with Gasteiger partial charge in [-0.1, -0.05) is 27.7 Å². The van der Waals surface area contributed by atoms with Crippen molar-refractivity contribution < 1.29 is 29.2 Å². The molecule has 2 heterocycles. The van der Waals surface area contributed by atoms with Crippen molar-refractivity contribution >= 4 is 18.0 Å². The third-order valence-corrected chi connectivity index (χ3v) is 5.06. The van der Waals surface area contributed by atoms with E-state index in [1.165, 1.54) is 0 Å². The number of aliphatic imine (C=N–C) groups is 1. The van der Waals surface area contributed by atoms with Crippen LogP contribution in [0.15, 0.2) is 17.1 Å². The largest absolute Gasteiger partial charge is 0.463 e. The number of aromatic nitrogens is 1. The molecule has 0 aliphatic carbocycles. The molecule has 3 unspecified atom stereocenters. The van der Waals surface area contributed by atoms with E-state index in [4.69, 9.17) is 19.6 Å². The second-order valence-corrected chi connectivity index (χ2v) is 8.10. The van der Waals surface area contributed by atoms with Crippen LogP contribution in [0, 0.1) is 28.6 Å². The number of aliphatic hydroxyl groups is 2. The van der Waals surface area contributed by atoms with E-state index in [0.717, 1.165) is 6.34 Å². The monoisotopic (exact) mass is 434 g/mol. The molecule has 0 spiro atoms. The first kappa shape index (κ1) is 24.7. The highest BCUT2D eigenvalue weighted by molar-refractivity contribution is 6.00. The number of esters is 1. The third-order valence-electron chi connectivity index (χ3n) is 5.06. The van der Waals surface area contributed by atoms with Crippen molar-refractivity contribution in [2.75, 3.05) is 6.61 Å². The molecule has 1 aliphatic rings. The van der Waals surface area contributed by atoms with Gasteiger partial charge in [0.2, 0.25) is 5.60 Å². The van der Waals surface area contributed by atoms with Crippen LogP contribution in [-0.4, -0.2) is 64.4 Å². The zero-order chi connectivity index (χ0) is 23.3. The molecule has 2 rings (SSSR count). The molecule has 0 radical (unpaired) electrons. The van der Waals surface area contributed by atoms with Crippen LogP contribution in [0.4, 0.5) is 0 Å². The van der Waals surface area contributed by atoms with E-state index in [1.54, 1.807) is 46.8 Å². The summed E-state index contributed by atoms with van der Waals surface area (Å²) < 4.78 is 16.8. The summed E-state index contributed by atoms with van der Waals surface area (Å²) in [7, 11) is 0. The molecule has 1 aromatic rings. The van der Waals surface area contributed by atoms with E-state index < -0.39 is 36.2 Å². The molecular formula is C21H30N4O6. The topological polar surface area (TPSA) is 161 Å². The van der Waals surface area contributed by atoms with Crippen LogP contribution in [0.3, 0.4) is 0 Å². The Morgan fingerprint density at radius 2 is 2.13 bits per heavy atom. The zero-order valence-corrected chi connectivity index (χ0v) is 18.3. The lowest BCUT2D eigenvalue weighted by Gasteiger charge is -2.27. The number of aromatic amines is 1. The summed E-state index contributed by atoms with van der Waals surface area (Å²) >= 11 is 0. The second-order valence-electron chi connectivity index (χ2n) is 8.10. The van der Waals surface area contributed by atoms with Crippen LogP contribution in [0.2, 0.25) is 0 Å². The van der Waals surface area contributed by atoms with Crippen molar-refractivity contribution in [2.24, 2.45) is 16.8 Å². The molecule has 31 heavy (non-hydrogen) atoms. The first-order valence-electron chi connectivity index (χ1n) is 10.1. The van der Waals surface area contributed by atoms with Crippen LogP contribution in [-0.2, 0) is 24.6 Å². The number of rotatable bonds is 9. The fraction of sp³-hybridized carbons (Fsp3) is 0.619. The Balaban J connectivity index is 2.39. The fourth-order valence-corrected chi connectivity index (χ4v) is 3.11. The Labute approximate surface area is 181 Å². The number of hydrogen-bond donors (Lipinski definition) is 4. The molecule has 0 aromatic carbocycles. The van der Waals surface area contributed by atoms with Crippen molar-refractivity contribution in [1.29, 1.82) is 10.7 Å². The summed E-state index contributed by atoms with van der Waals surface area (Å²) in [5, 5.41) is 38.4. The lowest BCUT2D eigenvalue weighted by atomic mass is 9.92. The summed E-state index contributed by atoms with van der Waals surface area (Å²) in [4.78, 5) is 18.8. The van der Waals surface area contributed by atoms with Gasteiger partial charge in [-0.2, -0.15) is 5.26 Å². The van der Waals surface area contributed by atoms with Crippen LogP contribution >= 0.6 is 0 Å². The molecule has 10 nitrogen and oxygen atoms in total. The minimum Gasteiger partial charge on any atom is -0.463 e. The molecule has 0 amide bonds. The lowest BCUT2D eigenvalue weighted by Crippen LogP contribution is -2.44. The minimum atomic E-state index is -1.85. The fourth-order valence-electron chi connectivity index (χ4n) is 3.11. The summed E-state index contributed by atoms with van der Waals surface area (Å²) in [6.07, 6.45) is -3.93. The van der Waals surface area contributed by atoms with Crippen molar-refractivity contribution in [3.8, 4) is 6.07 Å². The second kappa shape index (κ2) is 10.2. The van der Waals surface area contributed by atoms with E-state index in [2.05, 4.69) is 9.98 Å². The Kier molecular flexibility index (Phi) is 8.08. The smallest absolute Gasteiger partial charge is 0.308 e. The van der Waals surface area contributed by atoms with Crippen molar-refractivity contribution in [2.45, 2.75) is 64.8 Å². The summed E-state index contributed by atoms with van der Waals surface area (Å²) in [5.41, 5.74) is -0.549. The van der Waals surface area contributed by atoms with Crippen LogP contribution in [0.5, 0.6) is 0 Å². The molecular weight excluding hydrogens is 404 g/mol. The molecule has 170 valence electrons. The van der Waals surface area contributed by atoms with Crippen molar-refractivity contribution in [3.63, 3.8) is 0 Å². The molecule has 1 aromatic heterocycles. The number of nitriles is 1. The van der Waals surface area contributed by atoms with Crippen molar-refractivity contribution in [1.82, 2.24) is 4.98 Å². The first-order chi connectivity index (χ1) is 14.6. The lowest BCUT2D eigenvalue weighted by molar-refractivity contribution is -0.191. The maximum absolute atomic E-state index is 11.9. The number of hydrogen-bond acceptors (Lipinski definition) is 8. The van der Waals surface area contributed by atoms with Gasteiger partial charge in [-0.25, -0.2) is 4.99 Å². The Hall–Kier alpha value is -2.58. The van der Waals surface area contributed by atoms with E-state index in [-0.39, 0.29) is 24.1 Å². The minimum absolute atomic E-state index is 0.252. The summed E-state index contributed by atoms with van der Waals surface area (Å²) in [6.45, 7) is 8.27. The Bertz CT molecular complexity index is 858. The van der Waals surface area contributed by atoms with Crippen LogP contribution < -0.4 is 0 Å². The number of nitrogens with one attached hydrogen (secondary N) is 2. The maximum atomic E-state index is 11.9. The number of ether oxygens (including phenoxy) is 3. The number of H-pyrrole nitrogens is 1. The first-order valence-corrected chi connectivity index (χ1v) is 10.1. The number of carbonyl (C=O) groups is 1. The van der Waals surface area contributed by atoms with E-state index in [1.807, 2.05) is 6.07 Å². The molecule has 5 atom stereocenters. The normalized spacial score (nSPS) is 27.4. The number of nitrogens with zero attached hydrogens (tertiary/aromatic N) is 2. The molecule has 4 N–H and O–H groups in total. The zero-order valence-electron chi connectivity index (χ0n) is 18.3. The summed E-state index contributed by atoms with van der Waals surface area (Å²) in [5.74, 6) is -1.11. The van der Waals surface area contributed by atoms with E-state index in [9.17, 15) is 20.3 Å².